The summed E-state index contributed by atoms with van der Waals surface area (Å²) in [6.07, 6.45) is 7.29. The van der Waals surface area contributed by atoms with Gasteiger partial charge in [-0.05, 0) is 73.6 Å². The van der Waals surface area contributed by atoms with E-state index in [2.05, 4.69) is 20.6 Å². The summed E-state index contributed by atoms with van der Waals surface area (Å²) in [5.74, 6) is 1.15. The molecule has 4 atom stereocenters. The Kier molecular flexibility index (Phi) is 12.3. The van der Waals surface area contributed by atoms with Gasteiger partial charge in [0.2, 0.25) is 0 Å². The molecule has 7 rings (SSSR count). The number of carbonyl (C=O) groups is 4. The van der Waals surface area contributed by atoms with Crippen molar-refractivity contribution in [3.05, 3.63) is 60.4 Å². The monoisotopic (exact) mass is 877 g/mol. The maximum atomic E-state index is 14.0. The third-order valence-electron chi connectivity index (χ3n) is 12.1. The Bertz CT molecular complexity index is 2370. The van der Waals surface area contributed by atoms with Crippen molar-refractivity contribution in [1.29, 1.82) is 0 Å². The second kappa shape index (κ2) is 17.1. The highest BCUT2D eigenvalue weighted by Gasteiger charge is 2.47. The maximum Gasteiger partial charge on any atom is 0.410 e. The van der Waals surface area contributed by atoms with Crippen LogP contribution in [0.25, 0.3) is 44.6 Å². The van der Waals surface area contributed by atoms with Gasteiger partial charge in [-0.15, -0.1) is 0 Å². The largest absolute Gasteiger partial charge is 0.433 e. The van der Waals surface area contributed by atoms with Crippen LogP contribution in [-0.2, 0) is 19.1 Å². The third kappa shape index (κ3) is 10.3. The van der Waals surface area contributed by atoms with Crippen LogP contribution in [0.15, 0.2) is 48.8 Å². The smallest absolute Gasteiger partial charge is 0.410 e. The molecule has 4 amide bonds. The fourth-order valence-corrected chi connectivity index (χ4v) is 7.91. The average Bonchev–Trinajstić information content (AvgIpc) is 4.13. The molecule has 0 bridgehead atoms. The molecule has 1 unspecified atom stereocenters. The number of hydrogen-bond acceptors (Lipinski definition) is 10. The highest BCUT2D eigenvalue weighted by Crippen LogP contribution is 2.42. The number of nitrogens with zero attached hydrogens (tertiary/aromatic N) is 6. The van der Waals surface area contributed by atoms with E-state index in [1.54, 1.807) is 54.4 Å². The Hall–Kier alpha value is -6.06. The van der Waals surface area contributed by atoms with Crippen LogP contribution in [0.1, 0.15) is 118 Å². The number of aromatic nitrogens is 6. The maximum absolute atomic E-state index is 14.0. The second-order valence-electron chi connectivity index (χ2n) is 20.8. The number of benzene rings is 2. The molecule has 0 aliphatic heterocycles. The molecule has 3 heterocycles. The summed E-state index contributed by atoms with van der Waals surface area (Å²) < 4.78 is 11.6. The van der Waals surface area contributed by atoms with E-state index < -0.39 is 46.3 Å². The first-order valence-electron chi connectivity index (χ1n) is 22.2. The molecule has 4 N–H and O–H groups in total. The number of nitrogens with one attached hydrogen (secondary N) is 4. The number of hydrogen-bond donors (Lipinski definition) is 4. The first kappa shape index (κ1) is 45.9. The SMILES string of the molecule is CN(C)C(=O)OC(C)(CC1CC1)C(=O)N[C@H](c1nc2ccc(-c3cnc(-c4ccc5nc([C@@H](NC(=O)[C@@](C)(CC6CC6)OC(=O)N(C)C)C(C)(C)C)[nH]c5c4)cn3)cc2[nH]1)C(C)(C)C. The fraction of sp³-hybridized carbons (Fsp3) is 0.542. The zero-order valence-corrected chi connectivity index (χ0v) is 39.3. The minimum atomic E-state index is -1.33. The van der Waals surface area contributed by atoms with Gasteiger partial charge in [0.15, 0.2) is 11.2 Å². The molecule has 2 saturated carbocycles. The lowest BCUT2D eigenvalue weighted by molar-refractivity contribution is -0.142. The van der Waals surface area contributed by atoms with Gasteiger partial charge >= 0.3 is 12.2 Å². The van der Waals surface area contributed by atoms with Gasteiger partial charge in [0.05, 0.1) is 57.9 Å². The minimum absolute atomic E-state index is 0.339. The number of aromatic amines is 2. The van der Waals surface area contributed by atoms with Crippen LogP contribution in [0.4, 0.5) is 9.59 Å². The van der Waals surface area contributed by atoms with Crippen molar-refractivity contribution < 1.29 is 28.7 Å². The van der Waals surface area contributed by atoms with Crippen LogP contribution >= 0.6 is 0 Å². The number of H-pyrrole nitrogens is 2. The van der Waals surface area contributed by atoms with E-state index >= 15 is 0 Å². The van der Waals surface area contributed by atoms with Gasteiger partial charge in [-0.3, -0.25) is 19.6 Å². The van der Waals surface area contributed by atoms with Crippen LogP contribution in [-0.4, -0.2) is 103 Å². The summed E-state index contributed by atoms with van der Waals surface area (Å²) in [6, 6.07) is 10.6. The zero-order valence-electron chi connectivity index (χ0n) is 39.3. The quantitative estimate of drug-likeness (QED) is 0.0839. The van der Waals surface area contributed by atoms with Gasteiger partial charge < -0.3 is 39.9 Å². The Morgan fingerprint density at radius 3 is 1.28 bits per heavy atom. The van der Waals surface area contributed by atoms with Crippen LogP contribution in [0.5, 0.6) is 0 Å². The lowest BCUT2D eigenvalue weighted by Gasteiger charge is -2.35. The third-order valence-corrected chi connectivity index (χ3v) is 12.1. The molecule has 2 aliphatic rings. The minimum Gasteiger partial charge on any atom is -0.433 e. The Morgan fingerprint density at radius 1 is 0.625 bits per heavy atom. The molecule has 0 spiro atoms. The first-order chi connectivity index (χ1) is 29.9. The van der Waals surface area contributed by atoms with E-state index in [-0.39, 0.29) is 11.8 Å². The molecule has 2 fully saturated rings. The second-order valence-corrected chi connectivity index (χ2v) is 20.8. The predicted molar refractivity (Wildman–Crippen MR) is 245 cm³/mol. The van der Waals surface area contributed by atoms with E-state index in [9.17, 15) is 19.2 Å². The van der Waals surface area contributed by atoms with E-state index in [1.165, 1.54) is 9.80 Å². The Labute approximate surface area is 375 Å². The molecule has 0 radical (unpaired) electrons. The van der Waals surface area contributed by atoms with Gasteiger partial charge in [-0.1, -0.05) is 79.4 Å². The van der Waals surface area contributed by atoms with Crippen LogP contribution in [0, 0.1) is 22.7 Å². The average molecular weight is 877 g/mol. The predicted octanol–water partition coefficient (Wildman–Crippen LogP) is 8.48. The standard InChI is InChI=1S/C48H64N10O6/c1-45(2,3)37(55-41(59)47(7,23-27-13-14-27)63-43(61)57(9)10)39-51-31-19-17-29(21-33(31)53-39)35-25-50-36(26-49-35)30-18-20-32-34(22-30)54-40(52-32)38(46(4,5)6)56-42(60)48(8,24-28-15-16-28)64-44(62)58(11)12/h17-22,25-28,37-38H,13-16,23-24H2,1-12H3,(H,51,53)(H,52,54)(H,55,59)(H,56,60)/t37-,38-,47-,48?/m1/s1. The number of rotatable bonds is 14. The molecule has 342 valence electrons. The number of ether oxygens (including phenoxy) is 2. The van der Waals surface area contributed by atoms with Gasteiger partial charge in [0, 0.05) is 39.3 Å². The molecular weight excluding hydrogens is 813 g/mol. The van der Waals surface area contributed by atoms with Gasteiger partial charge in [-0.25, -0.2) is 19.6 Å². The van der Waals surface area contributed by atoms with Crippen LogP contribution in [0.3, 0.4) is 0 Å². The Morgan fingerprint density at radius 2 is 0.984 bits per heavy atom. The lowest BCUT2D eigenvalue weighted by atomic mass is 9.85. The highest BCUT2D eigenvalue weighted by molar-refractivity contribution is 5.89. The summed E-state index contributed by atoms with van der Waals surface area (Å²) in [7, 11) is 6.41. The number of carbonyl (C=O) groups excluding carboxylic acids is 4. The Balaban J connectivity index is 1.09. The van der Waals surface area contributed by atoms with Gasteiger partial charge in [-0.2, -0.15) is 0 Å². The molecular formula is C48H64N10O6. The summed E-state index contributed by atoms with van der Waals surface area (Å²) in [5, 5.41) is 6.37. The van der Waals surface area contributed by atoms with E-state index in [0.29, 0.717) is 47.7 Å². The number of amides is 4. The molecule has 64 heavy (non-hydrogen) atoms. The normalized spacial score (nSPS) is 17.2. The van der Waals surface area contributed by atoms with Crippen molar-refractivity contribution in [2.24, 2.45) is 22.7 Å². The molecule has 16 nitrogen and oxygen atoms in total. The topological polar surface area (TPSA) is 200 Å². The number of imidazole rings is 2. The molecule has 5 aromatic rings. The van der Waals surface area contributed by atoms with Crippen LogP contribution < -0.4 is 10.6 Å². The first-order valence-corrected chi connectivity index (χ1v) is 22.2. The van der Waals surface area contributed by atoms with Crippen LogP contribution in [0.2, 0.25) is 0 Å². The molecule has 2 aliphatic carbocycles. The van der Waals surface area contributed by atoms with Gasteiger partial charge in [0.1, 0.15) is 11.6 Å². The molecule has 3 aromatic heterocycles. The van der Waals surface area contributed by atoms with E-state index in [1.807, 2.05) is 77.9 Å². The summed E-state index contributed by atoms with van der Waals surface area (Å²) in [6.45, 7) is 15.6. The van der Waals surface area contributed by atoms with Crippen molar-refractivity contribution in [3.63, 3.8) is 0 Å². The number of fused-ring (bicyclic) bond motifs is 2. The van der Waals surface area contributed by atoms with Gasteiger partial charge in [0.25, 0.3) is 11.8 Å². The van der Waals surface area contributed by atoms with Crippen molar-refractivity contribution in [2.45, 2.75) is 117 Å². The van der Waals surface area contributed by atoms with Crippen molar-refractivity contribution in [3.8, 4) is 22.5 Å². The van der Waals surface area contributed by atoms with E-state index in [0.717, 1.165) is 58.9 Å². The summed E-state index contributed by atoms with van der Waals surface area (Å²) >= 11 is 0. The fourth-order valence-electron chi connectivity index (χ4n) is 7.91. The van der Waals surface area contributed by atoms with Crippen molar-refractivity contribution in [2.75, 3.05) is 28.2 Å². The summed E-state index contributed by atoms with van der Waals surface area (Å²) in [4.78, 5) is 82.2. The highest BCUT2D eigenvalue weighted by atomic mass is 16.6. The summed E-state index contributed by atoms with van der Waals surface area (Å²) in [5.41, 5.74) is 2.46. The molecule has 2 aromatic carbocycles. The lowest BCUT2D eigenvalue weighted by Crippen LogP contribution is -2.52. The van der Waals surface area contributed by atoms with E-state index in [4.69, 9.17) is 29.4 Å². The van der Waals surface area contributed by atoms with Crippen molar-refractivity contribution in [1.82, 2.24) is 50.3 Å². The molecule has 16 heteroatoms. The molecule has 0 saturated heterocycles. The zero-order chi connectivity index (χ0) is 46.5. The van der Waals surface area contributed by atoms with Crippen molar-refractivity contribution >= 4 is 46.1 Å².